The molecule has 1 aliphatic carbocycles. The number of fused-ring (bicyclic) bond motifs is 2. The molecule has 1 heterocycles. The van der Waals surface area contributed by atoms with E-state index in [0.717, 1.165) is 25.8 Å². The summed E-state index contributed by atoms with van der Waals surface area (Å²) < 4.78 is 0. The van der Waals surface area contributed by atoms with Crippen LogP contribution < -0.4 is 5.32 Å². The molecule has 1 saturated heterocycles. The van der Waals surface area contributed by atoms with E-state index in [1.807, 2.05) is 0 Å². The van der Waals surface area contributed by atoms with Crippen LogP contribution in [0.15, 0.2) is 0 Å². The third-order valence-corrected chi connectivity index (χ3v) is 2.76. The minimum atomic E-state index is -0.660. The maximum Gasteiger partial charge on any atom is 0.323 e. The van der Waals surface area contributed by atoms with Crippen LogP contribution in [-0.4, -0.2) is 23.2 Å². The highest BCUT2D eigenvalue weighted by molar-refractivity contribution is 5.79. The molecule has 56 valence electrons. The van der Waals surface area contributed by atoms with Gasteiger partial charge in [0.05, 0.1) is 0 Å². The summed E-state index contributed by atoms with van der Waals surface area (Å²) in [7, 11) is 0. The Hall–Kier alpha value is -0.570. The average Bonchev–Trinajstić information content (AvgIpc) is 2.45. The Balaban J connectivity index is 2.23. The monoisotopic (exact) mass is 141 g/mol. The minimum absolute atomic E-state index is 0.523. The predicted octanol–water partition coefficient (Wildman–Crippen LogP) is 0.213. The molecular formula is C7H11NO2. The lowest BCUT2D eigenvalue weighted by Crippen LogP contribution is -2.47. The van der Waals surface area contributed by atoms with Gasteiger partial charge in [0, 0.05) is 0 Å². The second-order valence-corrected chi connectivity index (χ2v) is 3.38. The Morgan fingerprint density at radius 1 is 1.70 bits per heavy atom. The zero-order valence-corrected chi connectivity index (χ0v) is 5.76. The predicted molar refractivity (Wildman–Crippen MR) is 35.7 cm³/mol. The summed E-state index contributed by atoms with van der Waals surface area (Å²) in [6, 6.07) is 0. The molecule has 2 bridgehead atoms. The number of carbonyl (C=O) groups is 1. The zero-order valence-electron chi connectivity index (χ0n) is 5.76. The number of nitrogens with one attached hydrogen (secondary N) is 1. The first kappa shape index (κ1) is 6.16. The number of aliphatic carboxylic acids is 1. The summed E-state index contributed by atoms with van der Waals surface area (Å²) in [6.07, 6.45) is 2.77. The Kier molecular flexibility index (Phi) is 1.06. The van der Waals surface area contributed by atoms with Crippen LogP contribution in [0.25, 0.3) is 0 Å². The molecule has 0 aromatic heterocycles. The molecule has 2 N–H and O–H groups in total. The van der Waals surface area contributed by atoms with Crippen molar-refractivity contribution in [3.05, 3.63) is 0 Å². The largest absolute Gasteiger partial charge is 0.480 e. The normalized spacial score (nSPS) is 44.2. The van der Waals surface area contributed by atoms with Crippen LogP contribution in [0, 0.1) is 5.92 Å². The van der Waals surface area contributed by atoms with Crippen molar-refractivity contribution in [2.45, 2.75) is 24.8 Å². The van der Waals surface area contributed by atoms with E-state index in [4.69, 9.17) is 5.11 Å². The molecule has 2 atom stereocenters. The minimum Gasteiger partial charge on any atom is -0.480 e. The molecule has 1 aliphatic heterocycles. The number of piperidine rings is 1. The van der Waals surface area contributed by atoms with Gasteiger partial charge in [0.2, 0.25) is 0 Å². The smallest absolute Gasteiger partial charge is 0.323 e. The molecule has 0 aromatic carbocycles. The summed E-state index contributed by atoms with van der Waals surface area (Å²) >= 11 is 0. The van der Waals surface area contributed by atoms with Crippen molar-refractivity contribution in [2.75, 3.05) is 6.54 Å². The van der Waals surface area contributed by atoms with Crippen molar-refractivity contribution >= 4 is 5.97 Å². The quantitative estimate of drug-likeness (QED) is 0.549. The van der Waals surface area contributed by atoms with Gasteiger partial charge in [-0.15, -0.1) is 0 Å². The topological polar surface area (TPSA) is 49.3 Å². The second kappa shape index (κ2) is 1.72. The summed E-state index contributed by atoms with van der Waals surface area (Å²) in [5, 5.41) is 11.9. The lowest BCUT2D eigenvalue weighted by molar-refractivity contribution is -0.144. The highest BCUT2D eigenvalue weighted by Crippen LogP contribution is 2.39. The van der Waals surface area contributed by atoms with E-state index in [2.05, 4.69) is 5.32 Å². The Bertz CT molecular complexity index is 170. The fourth-order valence-corrected chi connectivity index (χ4v) is 2.09. The summed E-state index contributed by atoms with van der Waals surface area (Å²) in [4.78, 5) is 10.7. The van der Waals surface area contributed by atoms with Crippen LogP contribution in [0.2, 0.25) is 0 Å². The van der Waals surface area contributed by atoms with Crippen molar-refractivity contribution < 1.29 is 9.90 Å². The first-order valence-electron chi connectivity index (χ1n) is 3.71. The van der Waals surface area contributed by atoms with E-state index in [0.29, 0.717) is 5.92 Å². The molecule has 1 saturated carbocycles. The molecule has 10 heavy (non-hydrogen) atoms. The van der Waals surface area contributed by atoms with Crippen LogP contribution >= 0.6 is 0 Å². The summed E-state index contributed by atoms with van der Waals surface area (Å²) in [5.74, 6) is -0.0244. The molecule has 0 unspecified atom stereocenters. The maximum atomic E-state index is 10.7. The third-order valence-electron chi connectivity index (χ3n) is 2.76. The van der Waals surface area contributed by atoms with Crippen LogP contribution in [0.3, 0.4) is 0 Å². The summed E-state index contributed by atoms with van der Waals surface area (Å²) in [6.45, 7) is 0.909. The van der Waals surface area contributed by atoms with E-state index in [-0.39, 0.29) is 0 Å². The van der Waals surface area contributed by atoms with Crippen molar-refractivity contribution in [3.63, 3.8) is 0 Å². The molecule has 0 radical (unpaired) electrons. The van der Waals surface area contributed by atoms with Gasteiger partial charge in [-0.2, -0.15) is 0 Å². The molecule has 3 nitrogen and oxygen atoms in total. The van der Waals surface area contributed by atoms with Gasteiger partial charge in [0.15, 0.2) is 0 Å². The lowest BCUT2D eigenvalue weighted by Gasteiger charge is -2.21. The number of hydrogen-bond acceptors (Lipinski definition) is 2. The summed E-state index contributed by atoms with van der Waals surface area (Å²) in [5.41, 5.74) is -0.523. The van der Waals surface area contributed by atoms with Crippen LogP contribution in [0.1, 0.15) is 19.3 Å². The Morgan fingerprint density at radius 3 is 2.70 bits per heavy atom. The number of carboxylic acid groups (broad SMARTS) is 1. The van der Waals surface area contributed by atoms with Gasteiger partial charge in [-0.3, -0.25) is 4.79 Å². The van der Waals surface area contributed by atoms with Crippen molar-refractivity contribution in [1.82, 2.24) is 5.32 Å². The lowest BCUT2D eigenvalue weighted by atomic mass is 10.0. The van der Waals surface area contributed by atoms with Gasteiger partial charge in [-0.25, -0.2) is 0 Å². The fourth-order valence-electron chi connectivity index (χ4n) is 2.09. The highest BCUT2D eigenvalue weighted by atomic mass is 16.4. The highest BCUT2D eigenvalue weighted by Gasteiger charge is 2.50. The first-order chi connectivity index (χ1) is 4.73. The van der Waals surface area contributed by atoms with Crippen molar-refractivity contribution in [3.8, 4) is 0 Å². The first-order valence-corrected chi connectivity index (χ1v) is 3.71. The number of rotatable bonds is 1. The standard InChI is InChI=1S/C7H11NO2/c9-6(10)7-2-1-5(3-7)4-8-7/h5,8H,1-4H2,(H,9,10)/t5-,7-/m0/s1. The molecule has 3 heteroatoms. The van der Waals surface area contributed by atoms with Crippen LogP contribution in [-0.2, 0) is 4.79 Å². The third kappa shape index (κ3) is 0.611. The van der Waals surface area contributed by atoms with Crippen LogP contribution in [0.5, 0.6) is 0 Å². The average molecular weight is 141 g/mol. The van der Waals surface area contributed by atoms with Gasteiger partial charge < -0.3 is 10.4 Å². The number of carboxylic acids is 1. The van der Waals surface area contributed by atoms with E-state index in [1.54, 1.807) is 0 Å². The Morgan fingerprint density at radius 2 is 2.50 bits per heavy atom. The fraction of sp³-hybridized carbons (Fsp3) is 0.857. The SMILES string of the molecule is O=C(O)[C@@]12CC[C@H](CN1)C2. The van der Waals surface area contributed by atoms with Gasteiger partial charge in [-0.05, 0) is 31.7 Å². The molecule has 2 aliphatic rings. The van der Waals surface area contributed by atoms with E-state index >= 15 is 0 Å². The van der Waals surface area contributed by atoms with Gasteiger partial charge in [0.25, 0.3) is 0 Å². The molecule has 0 amide bonds. The van der Waals surface area contributed by atoms with Crippen molar-refractivity contribution in [2.24, 2.45) is 5.92 Å². The van der Waals surface area contributed by atoms with E-state index < -0.39 is 11.5 Å². The van der Waals surface area contributed by atoms with E-state index in [9.17, 15) is 4.79 Å². The molecule has 0 aromatic rings. The maximum absolute atomic E-state index is 10.7. The number of hydrogen-bond donors (Lipinski definition) is 2. The Labute approximate surface area is 59.4 Å². The van der Waals surface area contributed by atoms with Crippen molar-refractivity contribution in [1.29, 1.82) is 0 Å². The molecule has 2 fully saturated rings. The molecule has 2 rings (SSSR count). The van der Waals surface area contributed by atoms with Crippen LogP contribution in [0.4, 0.5) is 0 Å². The van der Waals surface area contributed by atoms with Gasteiger partial charge >= 0.3 is 5.97 Å². The molecular weight excluding hydrogens is 130 g/mol. The van der Waals surface area contributed by atoms with Gasteiger partial charge in [-0.1, -0.05) is 0 Å². The molecule has 0 spiro atoms. The van der Waals surface area contributed by atoms with Gasteiger partial charge in [0.1, 0.15) is 5.54 Å². The second-order valence-electron chi connectivity index (χ2n) is 3.38. The zero-order chi connectivity index (χ0) is 7.19. The van der Waals surface area contributed by atoms with E-state index in [1.165, 1.54) is 0 Å².